The van der Waals surface area contributed by atoms with Gasteiger partial charge in [-0.25, -0.2) is 0 Å². The van der Waals surface area contributed by atoms with E-state index in [1.807, 2.05) is 29.2 Å². The number of hydrogen-bond acceptors (Lipinski definition) is 4. The Balaban J connectivity index is 1.33. The second kappa shape index (κ2) is 6.34. The fraction of sp³-hybridized carbons (Fsp3) is 0.556. The third kappa shape index (κ3) is 2.81. The van der Waals surface area contributed by atoms with Crippen molar-refractivity contribution in [3.05, 3.63) is 24.3 Å². The molecule has 1 saturated carbocycles. The zero-order valence-corrected chi connectivity index (χ0v) is 13.6. The van der Waals surface area contributed by atoms with Gasteiger partial charge in [0.1, 0.15) is 6.61 Å². The number of fused-ring (bicyclic) bond motifs is 1. The molecular weight excluding hydrogens is 308 g/mol. The summed E-state index contributed by atoms with van der Waals surface area (Å²) >= 11 is 0. The third-order valence-corrected chi connectivity index (χ3v) is 5.14. The standard InChI is InChI=1S/C18H22N2O4/c21-17(13-4-3-5-13)19-8-10-20(11-9-19)18(22)16-12-23-14-6-1-2-7-15(14)24-16/h1-2,6-7,13,16H,3-5,8-12H2/t16-/m1/s1. The minimum atomic E-state index is -0.603. The van der Waals surface area contributed by atoms with Crippen LogP contribution in [0.2, 0.25) is 0 Å². The summed E-state index contributed by atoms with van der Waals surface area (Å²) in [5, 5.41) is 0. The van der Waals surface area contributed by atoms with Crippen LogP contribution in [0.3, 0.4) is 0 Å². The number of ether oxygens (including phenoxy) is 2. The van der Waals surface area contributed by atoms with Crippen LogP contribution in [0.5, 0.6) is 11.5 Å². The van der Waals surface area contributed by atoms with E-state index in [0.29, 0.717) is 37.7 Å². The summed E-state index contributed by atoms with van der Waals surface area (Å²) in [6.45, 7) is 2.60. The second-order valence-electron chi connectivity index (χ2n) is 6.64. The molecule has 6 nitrogen and oxygen atoms in total. The number of nitrogens with zero attached hydrogens (tertiary/aromatic N) is 2. The maximum Gasteiger partial charge on any atom is 0.267 e. The van der Waals surface area contributed by atoms with E-state index in [4.69, 9.17) is 9.47 Å². The molecule has 0 aromatic heterocycles. The lowest BCUT2D eigenvalue weighted by Crippen LogP contribution is -2.56. The first-order valence-electron chi connectivity index (χ1n) is 8.68. The van der Waals surface area contributed by atoms with Gasteiger partial charge in [-0.15, -0.1) is 0 Å². The molecule has 2 heterocycles. The molecule has 4 rings (SSSR count). The van der Waals surface area contributed by atoms with Gasteiger partial charge >= 0.3 is 0 Å². The summed E-state index contributed by atoms with van der Waals surface area (Å²) < 4.78 is 11.4. The van der Waals surface area contributed by atoms with E-state index < -0.39 is 6.10 Å². The summed E-state index contributed by atoms with van der Waals surface area (Å²) in [6, 6.07) is 7.38. The number of amides is 2. The maximum absolute atomic E-state index is 12.7. The van der Waals surface area contributed by atoms with Crippen molar-refractivity contribution >= 4 is 11.8 Å². The minimum absolute atomic E-state index is 0.0553. The highest BCUT2D eigenvalue weighted by atomic mass is 16.6. The number of carbonyl (C=O) groups is 2. The van der Waals surface area contributed by atoms with Crippen molar-refractivity contribution in [2.45, 2.75) is 25.4 Å². The van der Waals surface area contributed by atoms with Gasteiger partial charge in [0.2, 0.25) is 12.0 Å². The first-order valence-corrected chi connectivity index (χ1v) is 8.68. The predicted molar refractivity (Wildman–Crippen MR) is 86.9 cm³/mol. The average molecular weight is 330 g/mol. The zero-order valence-electron chi connectivity index (χ0n) is 13.6. The fourth-order valence-electron chi connectivity index (χ4n) is 3.41. The smallest absolute Gasteiger partial charge is 0.267 e. The molecule has 6 heteroatoms. The van der Waals surface area contributed by atoms with Crippen molar-refractivity contribution in [3.63, 3.8) is 0 Å². The molecule has 1 saturated heterocycles. The number of benzene rings is 1. The van der Waals surface area contributed by atoms with Crippen molar-refractivity contribution in [1.29, 1.82) is 0 Å². The van der Waals surface area contributed by atoms with Gasteiger partial charge < -0.3 is 19.3 Å². The first kappa shape index (κ1) is 15.3. The Labute approximate surface area is 141 Å². The van der Waals surface area contributed by atoms with Gasteiger partial charge in [-0.1, -0.05) is 18.6 Å². The van der Waals surface area contributed by atoms with Crippen LogP contribution in [0.15, 0.2) is 24.3 Å². The summed E-state index contributed by atoms with van der Waals surface area (Å²) in [7, 11) is 0. The van der Waals surface area contributed by atoms with E-state index in [-0.39, 0.29) is 24.3 Å². The Bertz CT molecular complexity index is 636. The summed E-state index contributed by atoms with van der Waals surface area (Å²) in [5.74, 6) is 1.72. The molecule has 0 N–H and O–H groups in total. The highest BCUT2D eigenvalue weighted by Crippen LogP contribution is 2.31. The molecule has 3 aliphatic rings. The van der Waals surface area contributed by atoms with Crippen molar-refractivity contribution in [2.24, 2.45) is 5.92 Å². The number of rotatable bonds is 2. The average Bonchev–Trinajstić information content (AvgIpc) is 2.59. The molecule has 0 unspecified atom stereocenters. The lowest BCUT2D eigenvalue weighted by Gasteiger charge is -2.39. The molecule has 2 fully saturated rings. The number of para-hydroxylation sites is 2. The Kier molecular flexibility index (Phi) is 4.04. The summed E-state index contributed by atoms with van der Waals surface area (Å²) in [5.41, 5.74) is 0. The van der Waals surface area contributed by atoms with Gasteiger partial charge in [0.25, 0.3) is 5.91 Å². The number of piperazine rings is 1. The summed E-state index contributed by atoms with van der Waals surface area (Å²) in [4.78, 5) is 28.6. The van der Waals surface area contributed by atoms with Crippen LogP contribution in [-0.4, -0.2) is 60.5 Å². The highest BCUT2D eigenvalue weighted by molar-refractivity contribution is 5.83. The van der Waals surface area contributed by atoms with Gasteiger partial charge in [0.15, 0.2) is 11.5 Å². The Morgan fingerprint density at radius 3 is 2.17 bits per heavy atom. The molecule has 1 aliphatic carbocycles. The van der Waals surface area contributed by atoms with E-state index in [2.05, 4.69) is 0 Å². The van der Waals surface area contributed by atoms with Crippen LogP contribution >= 0.6 is 0 Å². The van der Waals surface area contributed by atoms with E-state index in [1.165, 1.54) is 0 Å². The molecule has 24 heavy (non-hydrogen) atoms. The lowest BCUT2D eigenvalue weighted by molar-refractivity contribution is -0.148. The van der Waals surface area contributed by atoms with Crippen LogP contribution in [0.25, 0.3) is 0 Å². The quantitative estimate of drug-likeness (QED) is 0.820. The van der Waals surface area contributed by atoms with E-state index in [0.717, 1.165) is 19.3 Å². The minimum Gasteiger partial charge on any atom is -0.485 e. The SMILES string of the molecule is O=C(C1CCC1)N1CCN(C(=O)[C@H]2COc3ccccc3O2)CC1. The van der Waals surface area contributed by atoms with Crippen molar-refractivity contribution in [1.82, 2.24) is 9.80 Å². The normalized spacial score (nSPS) is 23.6. The molecule has 128 valence electrons. The van der Waals surface area contributed by atoms with Gasteiger partial charge in [-0.05, 0) is 25.0 Å². The predicted octanol–water partition coefficient (Wildman–Crippen LogP) is 1.30. The number of hydrogen-bond donors (Lipinski definition) is 0. The Hall–Kier alpha value is -2.24. The van der Waals surface area contributed by atoms with Gasteiger partial charge in [0.05, 0.1) is 0 Å². The molecule has 1 aromatic rings. The summed E-state index contributed by atoms with van der Waals surface area (Å²) in [6.07, 6.45) is 2.60. The molecule has 1 atom stereocenters. The molecular formula is C18H22N2O4. The van der Waals surface area contributed by atoms with Crippen LogP contribution in [0, 0.1) is 5.92 Å². The second-order valence-corrected chi connectivity index (χ2v) is 6.64. The lowest BCUT2D eigenvalue weighted by atomic mass is 9.84. The first-order chi connectivity index (χ1) is 11.7. The van der Waals surface area contributed by atoms with Crippen molar-refractivity contribution in [3.8, 4) is 11.5 Å². The molecule has 0 bridgehead atoms. The van der Waals surface area contributed by atoms with Crippen LogP contribution in [0.4, 0.5) is 0 Å². The fourth-order valence-corrected chi connectivity index (χ4v) is 3.41. The largest absolute Gasteiger partial charge is 0.485 e. The van der Waals surface area contributed by atoms with Gasteiger partial charge in [-0.3, -0.25) is 9.59 Å². The van der Waals surface area contributed by atoms with E-state index >= 15 is 0 Å². The van der Waals surface area contributed by atoms with E-state index in [9.17, 15) is 9.59 Å². The monoisotopic (exact) mass is 330 g/mol. The zero-order chi connectivity index (χ0) is 16.5. The molecule has 1 aromatic carbocycles. The number of carbonyl (C=O) groups excluding carboxylic acids is 2. The topological polar surface area (TPSA) is 59.1 Å². The Morgan fingerprint density at radius 1 is 0.917 bits per heavy atom. The van der Waals surface area contributed by atoms with Crippen molar-refractivity contribution < 1.29 is 19.1 Å². The molecule has 2 amide bonds. The van der Waals surface area contributed by atoms with Gasteiger partial charge in [-0.2, -0.15) is 0 Å². The van der Waals surface area contributed by atoms with Crippen LogP contribution in [-0.2, 0) is 9.59 Å². The van der Waals surface area contributed by atoms with Crippen molar-refractivity contribution in [2.75, 3.05) is 32.8 Å². The highest BCUT2D eigenvalue weighted by Gasteiger charge is 2.35. The molecule has 0 spiro atoms. The van der Waals surface area contributed by atoms with Gasteiger partial charge in [0, 0.05) is 32.1 Å². The van der Waals surface area contributed by atoms with Crippen LogP contribution in [0.1, 0.15) is 19.3 Å². The molecule has 0 radical (unpaired) electrons. The van der Waals surface area contributed by atoms with Crippen LogP contribution < -0.4 is 9.47 Å². The maximum atomic E-state index is 12.7. The van der Waals surface area contributed by atoms with E-state index in [1.54, 1.807) is 4.90 Å². The third-order valence-electron chi connectivity index (χ3n) is 5.14. The Morgan fingerprint density at radius 2 is 1.54 bits per heavy atom. The molecule has 2 aliphatic heterocycles.